The summed E-state index contributed by atoms with van der Waals surface area (Å²) in [6.07, 6.45) is -0.291. The highest BCUT2D eigenvalue weighted by Crippen LogP contribution is 2.49. The molecule has 2 amide bonds. The lowest BCUT2D eigenvalue weighted by Crippen LogP contribution is -2.33. The van der Waals surface area contributed by atoms with Crippen molar-refractivity contribution in [1.29, 1.82) is 0 Å². The van der Waals surface area contributed by atoms with Crippen molar-refractivity contribution in [2.45, 2.75) is 32.4 Å². The average molecular weight is 517 g/mol. The Kier molecular flexibility index (Phi) is 6.01. The van der Waals surface area contributed by atoms with Crippen LogP contribution in [0.4, 0.5) is 30.4 Å². The number of hydrogen-bond acceptors (Lipinski definition) is 4. The van der Waals surface area contributed by atoms with E-state index in [9.17, 15) is 22.8 Å². The zero-order valence-electron chi connectivity index (χ0n) is 20.8. The Hall–Kier alpha value is -4.53. The van der Waals surface area contributed by atoms with Gasteiger partial charge in [-0.1, -0.05) is 35.9 Å². The molecule has 1 aliphatic rings. The summed E-state index contributed by atoms with van der Waals surface area (Å²) < 4.78 is 41.8. The van der Waals surface area contributed by atoms with E-state index < -0.39 is 28.6 Å². The van der Waals surface area contributed by atoms with Crippen molar-refractivity contribution in [1.82, 2.24) is 9.97 Å². The van der Waals surface area contributed by atoms with E-state index >= 15 is 0 Å². The largest absolute Gasteiger partial charge is 0.417 e. The number of nitrogens with one attached hydrogen (secondary N) is 1. The second-order valence-corrected chi connectivity index (χ2v) is 9.61. The molecule has 1 aromatic heterocycles. The summed E-state index contributed by atoms with van der Waals surface area (Å²) in [4.78, 5) is 36.4. The SMILES string of the molecule is Cc1ccc(NC(=O)c2cc(-c3cccc4c3C(C)(C)C(=O)N4c3cnccn3)ccc2C(F)(F)F)cc1. The predicted molar refractivity (Wildman–Crippen MR) is 138 cm³/mol. The molecule has 1 aliphatic heterocycles. The Bertz CT molecular complexity index is 1550. The lowest BCUT2D eigenvalue weighted by atomic mass is 9.81. The van der Waals surface area contributed by atoms with Crippen molar-refractivity contribution in [3.05, 3.63) is 102 Å². The molecule has 9 heteroatoms. The molecule has 6 nitrogen and oxygen atoms in total. The number of aromatic nitrogens is 2. The number of benzene rings is 3. The Morgan fingerprint density at radius 2 is 1.74 bits per heavy atom. The van der Waals surface area contributed by atoms with Crippen LogP contribution in [0.15, 0.2) is 79.3 Å². The van der Waals surface area contributed by atoms with Gasteiger partial charge in [-0.25, -0.2) is 4.98 Å². The predicted octanol–water partition coefficient (Wildman–Crippen LogP) is 6.68. The maximum atomic E-state index is 13.9. The molecule has 0 saturated carbocycles. The van der Waals surface area contributed by atoms with Gasteiger partial charge >= 0.3 is 6.18 Å². The molecule has 0 saturated heterocycles. The summed E-state index contributed by atoms with van der Waals surface area (Å²) in [5, 5.41) is 2.56. The molecule has 5 rings (SSSR count). The minimum Gasteiger partial charge on any atom is -0.322 e. The molecular weight excluding hydrogens is 493 g/mol. The minimum atomic E-state index is -4.74. The summed E-state index contributed by atoms with van der Waals surface area (Å²) in [5.41, 5.74) is 0.866. The zero-order chi connectivity index (χ0) is 27.2. The fourth-order valence-corrected chi connectivity index (χ4v) is 4.74. The van der Waals surface area contributed by atoms with E-state index in [2.05, 4.69) is 15.3 Å². The third kappa shape index (κ3) is 4.30. The van der Waals surface area contributed by atoms with E-state index in [0.717, 1.165) is 11.6 Å². The highest BCUT2D eigenvalue weighted by Gasteiger charge is 2.47. The topological polar surface area (TPSA) is 75.2 Å². The van der Waals surface area contributed by atoms with Crippen LogP contribution in [0.5, 0.6) is 0 Å². The monoisotopic (exact) mass is 516 g/mol. The number of alkyl halides is 3. The van der Waals surface area contributed by atoms with Crippen molar-refractivity contribution in [3.63, 3.8) is 0 Å². The molecule has 192 valence electrons. The van der Waals surface area contributed by atoms with Crippen molar-refractivity contribution in [3.8, 4) is 11.1 Å². The van der Waals surface area contributed by atoms with Crippen molar-refractivity contribution in [2.24, 2.45) is 0 Å². The fourth-order valence-electron chi connectivity index (χ4n) is 4.74. The van der Waals surface area contributed by atoms with Crippen LogP contribution in [0.2, 0.25) is 0 Å². The van der Waals surface area contributed by atoms with Crippen LogP contribution in [0.3, 0.4) is 0 Å². The van der Waals surface area contributed by atoms with Crippen LogP contribution in [0.25, 0.3) is 11.1 Å². The van der Waals surface area contributed by atoms with Crippen LogP contribution >= 0.6 is 0 Å². The molecule has 2 heterocycles. The number of carbonyl (C=O) groups is 2. The maximum Gasteiger partial charge on any atom is 0.417 e. The van der Waals surface area contributed by atoms with E-state index in [1.165, 1.54) is 35.6 Å². The van der Waals surface area contributed by atoms with Crippen LogP contribution in [-0.2, 0) is 16.4 Å². The van der Waals surface area contributed by atoms with Gasteiger partial charge in [-0.05, 0) is 67.8 Å². The molecular formula is C29H23F3N4O2. The first kappa shape index (κ1) is 25.1. The lowest BCUT2D eigenvalue weighted by molar-refractivity contribution is -0.137. The van der Waals surface area contributed by atoms with Crippen LogP contribution in [-0.4, -0.2) is 21.8 Å². The number of fused-ring (bicyclic) bond motifs is 1. The molecule has 0 fully saturated rings. The van der Waals surface area contributed by atoms with Crippen molar-refractivity contribution in [2.75, 3.05) is 10.2 Å². The Morgan fingerprint density at radius 3 is 2.39 bits per heavy atom. The summed E-state index contributed by atoms with van der Waals surface area (Å²) in [6.45, 7) is 5.37. The van der Waals surface area contributed by atoms with Crippen molar-refractivity contribution < 1.29 is 22.8 Å². The number of carbonyl (C=O) groups excluding carboxylic acids is 2. The number of hydrogen-bond donors (Lipinski definition) is 1. The number of nitrogens with zero attached hydrogens (tertiary/aromatic N) is 3. The smallest absolute Gasteiger partial charge is 0.322 e. The number of halogens is 3. The fraction of sp³-hybridized carbons (Fsp3) is 0.172. The molecule has 0 unspecified atom stereocenters. The van der Waals surface area contributed by atoms with Gasteiger partial charge < -0.3 is 5.32 Å². The van der Waals surface area contributed by atoms with Crippen molar-refractivity contribution >= 4 is 29.0 Å². The molecule has 0 radical (unpaired) electrons. The Balaban J connectivity index is 1.64. The molecule has 0 aliphatic carbocycles. The number of amides is 2. The number of aryl methyl sites for hydroxylation is 1. The number of anilines is 3. The van der Waals surface area contributed by atoms with Crippen LogP contribution in [0, 0.1) is 6.92 Å². The third-order valence-corrected chi connectivity index (χ3v) is 6.61. The summed E-state index contributed by atoms with van der Waals surface area (Å²) >= 11 is 0. The first-order chi connectivity index (χ1) is 18.0. The molecule has 38 heavy (non-hydrogen) atoms. The molecule has 4 aromatic rings. The van der Waals surface area contributed by atoms with E-state index in [1.54, 1.807) is 56.3 Å². The highest BCUT2D eigenvalue weighted by atomic mass is 19.4. The van der Waals surface area contributed by atoms with Crippen LogP contribution in [0.1, 0.15) is 40.9 Å². The summed E-state index contributed by atoms with van der Waals surface area (Å²) in [5.74, 6) is -0.788. The lowest BCUT2D eigenvalue weighted by Gasteiger charge is -2.21. The van der Waals surface area contributed by atoms with E-state index in [0.29, 0.717) is 33.9 Å². The summed E-state index contributed by atoms with van der Waals surface area (Å²) in [7, 11) is 0. The molecule has 0 spiro atoms. The van der Waals surface area contributed by atoms with Gasteiger partial charge in [-0.3, -0.25) is 19.5 Å². The van der Waals surface area contributed by atoms with Gasteiger partial charge in [0, 0.05) is 18.1 Å². The normalized spacial score (nSPS) is 14.4. The third-order valence-electron chi connectivity index (χ3n) is 6.61. The van der Waals surface area contributed by atoms with Crippen LogP contribution < -0.4 is 10.2 Å². The van der Waals surface area contributed by atoms with Gasteiger partial charge in [0.25, 0.3) is 5.91 Å². The average Bonchev–Trinajstić information content (AvgIpc) is 3.10. The zero-order valence-corrected chi connectivity index (χ0v) is 20.8. The molecule has 1 N–H and O–H groups in total. The molecule has 0 bridgehead atoms. The second kappa shape index (κ2) is 9.09. The maximum absolute atomic E-state index is 13.9. The minimum absolute atomic E-state index is 0.246. The van der Waals surface area contributed by atoms with E-state index in [4.69, 9.17) is 0 Å². The standard InChI is InChI=1S/C29H23F3N4O2/c1-17-7-10-19(11-8-17)35-26(37)21-15-18(9-12-22(21)29(30,31)32)20-5-4-6-23-25(20)28(2,3)27(38)36(23)24-16-33-13-14-34-24/h4-16H,1-3H3,(H,35,37). The van der Waals surface area contributed by atoms with Gasteiger partial charge in [0.2, 0.25) is 5.91 Å². The Labute approximate surface area is 217 Å². The van der Waals surface area contributed by atoms with Gasteiger partial charge in [0.05, 0.1) is 28.4 Å². The molecule has 0 atom stereocenters. The van der Waals surface area contributed by atoms with Gasteiger partial charge in [-0.15, -0.1) is 0 Å². The highest BCUT2D eigenvalue weighted by molar-refractivity contribution is 6.14. The number of rotatable bonds is 4. The first-order valence-corrected chi connectivity index (χ1v) is 11.8. The Morgan fingerprint density at radius 1 is 1.00 bits per heavy atom. The van der Waals surface area contributed by atoms with Gasteiger partial charge in [0.15, 0.2) is 5.82 Å². The second-order valence-electron chi connectivity index (χ2n) is 9.61. The first-order valence-electron chi connectivity index (χ1n) is 11.8. The van der Waals surface area contributed by atoms with E-state index in [-0.39, 0.29) is 5.91 Å². The van der Waals surface area contributed by atoms with Gasteiger partial charge in [0.1, 0.15) is 0 Å². The van der Waals surface area contributed by atoms with Gasteiger partial charge in [-0.2, -0.15) is 13.2 Å². The quantitative estimate of drug-likeness (QED) is 0.328. The molecule has 3 aromatic carbocycles. The van der Waals surface area contributed by atoms with E-state index in [1.807, 2.05) is 6.92 Å². The summed E-state index contributed by atoms with van der Waals surface area (Å²) in [6, 6.07) is 15.4.